The van der Waals surface area contributed by atoms with Gasteiger partial charge in [-0.3, -0.25) is 9.48 Å². The van der Waals surface area contributed by atoms with Crippen LogP contribution >= 0.6 is 15.9 Å². The topological polar surface area (TPSA) is 64.7 Å². The maximum atomic E-state index is 12.0. The molecule has 7 heteroatoms. The first kappa shape index (κ1) is 14.5. The van der Waals surface area contributed by atoms with E-state index in [1.165, 1.54) is 4.68 Å². The zero-order valence-electron chi connectivity index (χ0n) is 11.4. The number of rotatable bonds is 5. The summed E-state index contributed by atoms with van der Waals surface area (Å²) in [5, 5.41) is 11.4. The minimum Gasteiger partial charge on any atom is -0.351 e. The van der Waals surface area contributed by atoms with Gasteiger partial charge in [-0.25, -0.2) is 4.68 Å². The fourth-order valence-electron chi connectivity index (χ4n) is 1.65. The van der Waals surface area contributed by atoms with Crippen molar-refractivity contribution in [1.82, 2.24) is 19.6 Å². The van der Waals surface area contributed by atoms with E-state index in [9.17, 15) is 4.79 Å². The summed E-state index contributed by atoms with van der Waals surface area (Å²) in [5.41, 5.74) is 1.21. The normalized spacial score (nSPS) is 10.8. The maximum absolute atomic E-state index is 12.0. The lowest BCUT2D eigenvalue weighted by molar-refractivity contribution is 0.532. The first-order valence-electron chi connectivity index (χ1n) is 6.20. The second-order valence-electron chi connectivity index (χ2n) is 4.58. The van der Waals surface area contributed by atoms with E-state index in [2.05, 4.69) is 38.0 Å². The van der Waals surface area contributed by atoms with E-state index < -0.39 is 0 Å². The first-order valence-corrected chi connectivity index (χ1v) is 7.00. The van der Waals surface area contributed by atoms with Crippen LogP contribution in [0.5, 0.6) is 0 Å². The maximum Gasteiger partial charge on any atom is 0.283 e. The van der Waals surface area contributed by atoms with E-state index in [-0.39, 0.29) is 11.6 Å². The molecule has 0 spiro atoms. The van der Waals surface area contributed by atoms with Gasteiger partial charge in [-0.15, -0.1) is 6.58 Å². The largest absolute Gasteiger partial charge is 0.351 e. The van der Waals surface area contributed by atoms with E-state index >= 15 is 0 Å². The van der Waals surface area contributed by atoms with Gasteiger partial charge in [-0.05, 0) is 29.8 Å². The number of aromatic nitrogens is 4. The minimum absolute atomic E-state index is 0.203. The number of hydrogen-bond acceptors (Lipinski definition) is 4. The van der Waals surface area contributed by atoms with Crippen molar-refractivity contribution in [3.05, 3.63) is 46.1 Å². The highest BCUT2D eigenvalue weighted by molar-refractivity contribution is 9.10. The lowest BCUT2D eigenvalue weighted by Crippen LogP contribution is -2.23. The predicted octanol–water partition coefficient (Wildman–Crippen LogP) is 2.71. The fraction of sp³-hybridized carbons (Fsp3) is 0.308. The lowest BCUT2D eigenvalue weighted by atomic mass is 10.4. The zero-order valence-corrected chi connectivity index (χ0v) is 13.0. The van der Waals surface area contributed by atoms with Crippen LogP contribution in [0.15, 0.2) is 40.5 Å². The average Bonchev–Trinajstić information content (AvgIpc) is 2.87. The molecule has 6 nitrogen and oxygen atoms in total. The molecule has 0 aliphatic carbocycles. The Labute approximate surface area is 125 Å². The van der Waals surface area contributed by atoms with Crippen molar-refractivity contribution in [2.24, 2.45) is 0 Å². The molecule has 1 N–H and O–H groups in total. The van der Waals surface area contributed by atoms with Gasteiger partial charge < -0.3 is 5.32 Å². The second kappa shape index (κ2) is 6.04. The molecule has 0 radical (unpaired) electrons. The zero-order chi connectivity index (χ0) is 14.7. The molecule has 0 fully saturated rings. The highest BCUT2D eigenvalue weighted by Crippen LogP contribution is 2.21. The Morgan fingerprint density at radius 3 is 2.80 bits per heavy atom. The molecular weight excluding hydrogens is 322 g/mol. The molecule has 0 aliphatic heterocycles. The summed E-state index contributed by atoms with van der Waals surface area (Å²) in [6.07, 6.45) is 6.82. The Bertz CT molecular complexity index is 674. The summed E-state index contributed by atoms with van der Waals surface area (Å²) >= 11 is 3.30. The van der Waals surface area contributed by atoms with Crippen molar-refractivity contribution in [3.63, 3.8) is 0 Å². The van der Waals surface area contributed by atoms with Gasteiger partial charge in [0.15, 0.2) is 0 Å². The second-order valence-corrected chi connectivity index (χ2v) is 5.37. The van der Waals surface area contributed by atoms with Gasteiger partial charge in [-0.2, -0.15) is 10.2 Å². The summed E-state index contributed by atoms with van der Waals surface area (Å²) in [7, 11) is 0. The Balaban J connectivity index is 2.27. The minimum atomic E-state index is -0.203. The number of nitrogens with zero attached hydrogens (tertiary/aromatic N) is 4. The highest BCUT2D eigenvalue weighted by Gasteiger charge is 2.09. The van der Waals surface area contributed by atoms with E-state index in [4.69, 9.17) is 0 Å². The van der Waals surface area contributed by atoms with Crippen LogP contribution in [0, 0.1) is 0 Å². The molecule has 2 aromatic heterocycles. The highest BCUT2D eigenvalue weighted by atomic mass is 79.9. The number of halogens is 1. The van der Waals surface area contributed by atoms with Crippen LogP contribution in [-0.2, 0) is 6.54 Å². The lowest BCUT2D eigenvalue weighted by Gasteiger charge is -2.08. The molecule has 0 amide bonds. The van der Waals surface area contributed by atoms with Gasteiger partial charge in [0.05, 0.1) is 30.3 Å². The first-order chi connectivity index (χ1) is 9.52. The van der Waals surface area contributed by atoms with E-state index in [1.54, 1.807) is 18.5 Å². The van der Waals surface area contributed by atoms with E-state index in [1.807, 2.05) is 24.7 Å². The van der Waals surface area contributed by atoms with Crippen LogP contribution in [-0.4, -0.2) is 19.6 Å². The third-order valence-electron chi connectivity index (χ3n) is 2.70. The smallest absolute Gasteiger partial charge is 0.283 e. The molecule has 0 atom stereocenters. The SMILES string of the molecule is C=CCn1ncc(Nc2cnn(C(C)C)c2)c(Br)c1=O. The van der Waals surface area contributed by atoms with Gasteiger partial charge in [0.1, 0.15) is 4.47 Å². The fourth-order valence-corrected chi connectivity index (χ4v) is 2.05. The average molecular weight is 338 g/mol. The predicted molar refractivity (Wildman–Crippen MR) is 82.3 cm³/mol. The third kappa shape index (κ3) is 2.98. The third-order valence-corrected chi connectivity index (χ3v) is 3.46. The molecular formula is C13H16BrN5O. The standard InChI is InChI=1S/C13H16BrN5O/c1-4-5-18-13(20)12(14)11(7-16-18)17-10-6-15-19(8-10)9(2)3/h4,6-9,17H,1,5H2,2-3H3. The monoisotopic (exact) mass is 337 g/mol. The van der Waals surface area contributed by atoms with Gasteiger partial charge in [0, 0.05) is 12.2 Å². The molecule has 0 unspecified atom stereocenters. The number of nitrogens with one attached hydrogen (secondary N) is 1. The Hall–Kier alpha value is -1.89. The van der Waals surface area contributed by atoms with Crippen molar-refractivity contribution in [2.75, 3.05) is 5.32 Å². The summed E-state index contributed by atoms with van der Waals surface area (Å²) < 4.78 is 3.61. The number of anilines is 2. The Kier molecular flexibility index (Phi) is 4.39. The van der Waals surface area contributed by atoms with Crippen LogP contribution in [0.25, 0.3) is 0 Å². The molecule has 0 saturated carbocycles. The van der Waals surface area contributed by atoms with Crippen molar-refractivity contribution < 1.29 is 0 Å². The van der Waals surface area contributed by atoms with Crippen LogP contribution < -0.4 is 10.9 Å². The Morgan fingerprint density at radius 2 is 2.20 bits per heavy atom. The van der Waals surface area contributed by atoms with Gasteiger partial charge in [-0.1, -0.05) is 6.08 Å². The van der Waals surface area contributed by atoms with Crippen molar-refractivity contribution in [3.8, 4) is 0 Å². The molecule has 20 heavy (non-hydrogen) atoms. The summed E-state index contributed by atoms with van der Waals surface area (Å²) in [6.45, 7) is 8.07. The van der Waals surface area contributed by atoms with Crippen LogP contribution in [0.3, 0.4) is 0 Å². The molecule has 0 aromatic carbocycles. The molecule has 2 heterocycles. The molecule has 2 aromatic rings. The van der Waals surface area contributed by atoms with Crippen LogP contribution in [0.2, 0.25) is 0 Å². The molecule has 0 bridgehead atoms. The molecule has 0 saturated heterocycles. The molecule has 2 rings (SSSR count). The van der Waals surface area contributed by atoms with E-state index in [0.29, 0.717) is 16.7 Å². The van der Waals surface area contributed by atoms with E-state index in [0.717, 1.165) is 5.69 Å². The summed E-state index contributed by atoms with van der Waals surface area (Å²) in [5.74, 6) is 0. The number of hydrogen-bond donors (Lipinski definition) is 1. The summed E-state index contributed by atoms with van der Waals surface area (Å²) in [6, 6.07) is 0.285. The summed E-state index contributed by atoms with van der Waals surface area (Å²) in [4.78, 5) is 12.0. The van der Waals surface area contributed by atoms with Crippen LogP contribution in [0.1, 0.15) is 19.9 Å². The quantitative estimate of drug-likeness (QED) is 0.852. The molecule has 106 valence electrons. The van der Waals surface area contributed by atoms with Crippen molar-refractivity contribution in [1.29, 1.82) is 0 Å². The van der Waals surface area contributed by atoms with Crippen molar-refractivity contribution >= 4 is 27.3 Å². The number of allylic oxidation sites excluding steroid dienone is 1. The van der Waals surface area contributed by atoms with Crippen molar-refractivity contribution in [2.45, 2.75) is 26.4 Å². The van der Waals surface area contributed by atoms with Gasteiger partial charge in [0.25, 0.3) is 5.56 Å². The van der Waals surface area contributed by atoms with Gasteiger partial charge in [0.2, 0.25) is 0 Å². The molecule has 0 aliphatic rings. The Morgan fingerprint density at radius 1 is 1.45 bits per heavy atom. The van der Waals surface area contributed by atoms with Gasteiger partial charge >= 0.3 is 0 Å². The van der Waals surface area contributed by atoms with Crippen LogP contribution in [0.4, 0.5) is 11.4 Å².